The number of phenols is 1. The number of hydrogen-bond acceptors (Lipinski definition) is 4. The first kappa shape index (κ1) is 25.1. The number of phenolic OH excluding ortho intramolecular Hbond substituents is 1. The molecule has 0 aromatic heterocycles. The highest BCUT2D eigenvalue weighted by Crippen LogP contribution is 2.32. The smallest absolute Gasteiger partial charge is 0.243 e. The molecule has 6 nitrogen and oxygen atoms in total. The molecule has 0 fully saturated rings. The lowest BCUT2D eigenvalue weighted by atomic mass is 9.84. The van der Waals surface area contributed by atoms with Crippen LogP contribution in [0.5, 0.6) is 5.75 Å². The number of carbonyl (C=O) groups excluding carboxylic acids is 2. The molecule has 33 heavy (non-hydrogen) atoms. The number of nitrogens with zero attached hydrogens (tertiary/aromatic N) is 1. The molecule has 2 aromatic rings. The van der Waals surface area contributed by atoms with E-state index in [2.05, 4.69) is 17.4 Å². The molecule has 3 atom stereocenters. The maximum atomic E-state index is 13.5. The largest absolute Gasteiger partial charge is 0.508 e. The Kier molecular flexibility index (Phi) is 7.39. The number of carbonyl (C=O) groups is 2. The van der Waals surface area contributed by atoms with Gasteiger partial charge in [-0.3, -0.25) is 9.59 Å². The van der Waals surface area contributed by atoms with E-state index in [9.17, 15) is 14.7 Å². The fourth-order valence-electron chi connectivity index (χ4n) is 4.76. The molecule has 1 aliphatic carbocycles. The molecule has 4 N–H and O–H groups in total. The molecule has 4 rings (SSSR count). The predicted octanol–water partition coefficient (Wildman–Crippen LogP) is 3.63. The molecule has 0 saturated heterocycles. The fourth-order valence-corrected chi connectivity index (χ4v) is 4.76. The summed E-state index contributed by atoms with van der Waals surface area (Å²) in [5, 5.41) is 13.2. The van der Waals surface area contributed by atoms with E-state index >= 15 is 0 Å². The normalized spacial score (nSPS) is 20.7. The van der Waals surface area contributed by atoms with Gasteiger partial charge in [-0.25, -0.2) is 0 Å². The molecule has 7 heteroatoms. The Morgan fingerprint density at radius 3 is 2.58 bits per heavy atom. The lowest BCUT2D eigenvalue weighted by Gasteiger charge is -2.40. The van der Waals surface area contributed by atoms with Crippen LogP contribution < -0.4 is 11.1 Å². The van der Waals surface area contributed by atoms with Gasteiger partial charge in [0.2, 0.25) is 11.8 Å². The summed E-state index contributed by atoms with van der Waals surface area (Å²) >= 11 is 0. The van der Waals surface area contributed by atoms with Gasteiger partial charge in [0.25, 0.3) is 0 Å². The zero-order chi connectivity index (χ0) is 23.0. The lowest BCUT2D eigenvalue weighted by molar-refractivity contribution is -0.145. The summed E-state index contributed by atoms with van der Waals surface area (Å²) in [4.78, 5) is 28.5. The first-order valence-electron chi connectivity index (χ1n) is 11.4. The van der Waals surface area contributed by atoms with E-state index in [4.69, 9.17) is 5.73 Å². The maximum absolute atomic E-state index is 13.5. The van der Waals surface area contributed by atoms with Crippen molar-refractivity contribution in [3.05, 3.63) is 64.7 Å². The number of halogens is 1. The third-order valence-electron chi connectivity index (χ3n) is 6.79. The number of hydrogen-bond donors (Lipinski definition) is 3. The van der Waals surface area contributed by atoms with E-state index in [1.165, 1.54) is 5.56 Å². The zero-order valence-electron chi connectivity index (χ0n) is 19.5. The Labute approximate surface area is 202 Å². The monoisotopic (exact) mass is 471 g/mol. The van der Waals surface area contributed by atoms with Gasteiger partial charge in [0.1, 0.15) is 11.8 Å². The van der Waals surface area contributed by atoms with Crippen LogP contribution in [0.3, 0.4) is 0 Å². The molecule has 0 saturated carbocycles. The first-order valence-corrected chi connectivity index (χ1v) is 11.4. The van der Waals surface area contributed by atoms with Crippen molar-refractivity contribution in [3.8, 4) is 5.75 Å². The summed E-state index contributed by atoms with van der Waals surface area (Å²) in [6, 6.07) is 12.0. The molecule has 0 spiro atoms. The minimum absolute atomic E-state index is 0. The predicted molar refractivity (Wildman–Crippen MR) is 131 cm³/mol. The summed E-state index contributed by atoms with van der Waals surface area (Å²) in [6.07, 6.45) is 3.33. The second kappa shape index (κ2) is 9.74. The number of nitrogens with two attached hydrogens (primary N) is 1. The van der Waals surface area contributed by atoms with E-state index < -0.39 is 17.5 Å². The number of aromatic hydroxyl groups is 1. The highest BCUT2D eigenvalue weighted by Gasteiger charge is 2.40. The van der Waals surface area contributed by atoms with Crippen LogP contribution in [-0.4, -0.2) is 33.9 Å². The number of aryl methyl sites for hydroxylation is 1. The average molecular weight is 472 g/mol. The van der Waals surface area contributed by atoms with Gasteiger partial charge in [0.05, 0.1) is 12.1 Å². The quantitative estimate of drug-likeness (QED) is 0.636. The molecule has 178 valence electrons. The Balaban J connectivity index is 0.00000306. The number of benzene rings is 2. The van der Waals surface area contributed by atoms with Crippen LogP contribution in [0.15, 0.2) is 42.5 Å². The highest BCUT2D eigenvalue weighted by molar-refractivity contribution is 5.91. The van der Waals surface area contributed by atoms with Gasteiger partial charge in [0, 0.05) is 13.0 Å². The van der Waals surface area contributed by atoms with Crippen LogP contribution in [0.2, 0.25) is 0 Å². The molecule has 0 radical (unpaired) electrons. The Morgan fingerprint density at radius 1 is 1.12 bits per heavy atom. The SMILES string of the molecule is CC(C)(C)C(N)C(=O)N1Cc2cc(O)ccc2CC1C(=O)N[C@@H]1CCCc2ccccc21.Cl. The van der Waals surface area contributed by atoms with Crippen molar-refractivity contribution < 1.29 is 14.7 Å². The number of fused-ring (bicyclic) bond motifs is 2. The summed E-state index contributed by atoms with van der Waals surface area (Å²) in [6.45, 7) is 6.03. The molecule has 0 bridgehead atoms. The standard InChI is InChI=1S/C26H33N3O3.ClH/c1-26(2,3)23(27)25(32)29-15-18-13-19(30)12-11-17(18)14-22(29)24(31)28-21-10-6-8-16-7-4-5-9-20(16)21;/h4-5,7,9,11-13,21-23,30H,6,8,10,14-15,27H2,1-3H3,(H,28,31);1H/t21-,22?,23?;/m1./s1. The van der Waals surface area contributed by atoms with Crippen molar-refractivity contribution in [2.75, 3.05) is 0 Å². The van der Waals surface area contributed by atoms with Crippen molar-refractivity contribution in [1.82, 2.24) is 10.2 Å². The van der Waals surface area contributed by atoms with Crippen LogP contribution in [0.25, 0.3) is 0 Å². The van der Waals surface area contributed by atoms with Gasteiger partial charge in [-0.1, -0.05) is 51.1 Å². The van der Waals surface area contributed by atoms with Crippen molar-refractivity contribution in [1.29, 1.82) is 0 Å². The van der Waals surface area contributed by atoms with Crippen molar-refractivity contribution in [2.45, 2.75) is 71.1 Å². The minimum Gasteiger partial charge on any atom is -0.508 e. The topological polar surface area (TPSA) is 95.7 Å². The Bertz CT molecular complexity index is 1030. The number of amides is 2. The molecule has 2 aromatic carbocycles. The van der Waals surface area contributed by atoms with E-state index in [1.54, 1.807) is 17.0 Å². The van der Waals surface area contributed by atoms with E-state index in [0.717, 1.165) is 36.0 Å². The molecule has 2 aliphatic rings. The first-order chi connectivity index (χ1) is 15.1. The second-order valence-electron chi connectivity index (χ2n) is 10.1. The molecule has 2 amide bonds. The average Bonchev–Trinajstić information content (AvgIpc) is 2.76. The minimum atomic E-state index is -0.730. The fraction of sp³-hybridized carbons (Fsp3) is 0.462. The van der Waals surface area contributed by atoms with Gasteiger partial charge in [-0.2, -0.15) is 0 Å². The highest BCUT2D eigenvalue weighted by atomic mass is 35.5. The van der Waals surface area contributed by atoms with Crippen LogP contribution in [-0.2, 0) is 29.0 Å². The van der Waals surface area contributed by atoms with E-state index in [0.29, 0.717) is 6.42 Å². The number of nitrogens with one attached hydrogen (secondary N) is 1. The molecular formula is C26H34ClN3O3. The number of rotatable bonds is 3. The second-order valence-corrected chi connectivity index (χ2v) is 10.1. The van der Waals surface area contributed by atoms with E-state index in [1.807, 2.05) is 39.0 Å². The maximum Gasteiger partial charge on any atom is 0.243 e. The van der Waals surface area contributed by atoms with Crippen LogP contribution >= 0.6 is 12.4 Å². The third kappa shape index (κ3) is 5.17. The van der Waals surface area contributed by atoms with Crippen LogP contribution in [0.1, 0.15) is 61.9 Å². The van der Waals surface area contributed by atoms with Crippen LogP contribution in [0.4, 0.5) is 0 Å². The van der Waals surface area contributed by atoms with Gasteiger partial charge in [-0.05, 0) is 59.1 Å². The summed E-state index contributed by atoms with van der Waals surface area (Å²) in [7, 11) is 0. The van der Waals surface area contributed by atoms with Gasteiger partial charge >= 0.3 is 0 Å². The molecule has 1 heterocycles. The van der Waals surface area contributed by atoms with Gasteiger partial charge < -0.3 is 21.1 Å². The van der Waals surface area contributed by atoms with Crippen molar-refractivity contribution in [2.24, 2.45) is 11.1 Å². The summed E-state index contributed by atoms with van der Waals surface area (Å²) < 4.78 is 0. The van der Waals surface area contributed by atoms with Gasteiger partial charge in [-0.15, -0.1) is 12.4 Å². The van der Waals surface area contributed by atoms with Crippen LogP contribution in [0, 0.1) is 5.41 Å². The molecule has 1 aliphatic heterocycles. The zero-order valence-corrected chi connectivity index (χ0v) is 20.3. The lowest BCUT2D eigenvalue weighted by Crippen LogP contribution is -2.59. The summed E-state index contributed by atoms with van der Waals surface area (Å²) in [5.74, 6) is -0.242. The molecule has 2 unspecified atom stereocenters. The summed E-state index contributed by atoms with van der Waals surface area (Å²) in [5.41, 5.74) is 10.1. The van der Waals surface area contributed by atoms with Gasteiger partial charge in [0.15, 0.2) is 0 Å². The van der Waals surface area contributed by atoms with Crippen molar-refractivity contribution >= 4 is 24.2 Å². The Hall–Kier alpha value is -2.57. The third-order valence-corrected chi connectivity index (χ3v) is 6.79. The van der Waals surface area contributed by atoms with Crippen molar-refractivity contribution in [3.63, 3.8) is 0 Å². The molecular weight excluding hydrogens is 438 g/mol. The Morgan fingerprint density at radius 2 is 1.85 bits per heavy atom. The van der Waals surface area contributed by atoms with E-state index in [-0.39, 0.29) is 42.6 Å².